The third-order valence-electron chi connectivity index (χ3n) is 5.38. The molecule has 5 heteroatoms. The first-order valence-corrected chi connectivity index (χ1v) is 9.65. The van der Waals surface area contributed by atoms with Gasteiger partial charge in [0.1, 0.15) is 0 Å². The molecule has 0 aromatic heterocycles. The normalized spacial score (nSPS) is 31.4. The quantitative estimate of drug-likeness (QED) is 0.764. The summed E-state index contributed by atoms with van der Waals surface area (Å²) < 4.78 is 12.1. The SMILES string of the molecule is CC(C)OC1CC(OC2CCN(CCN3CCNCC3)CC2)C1. The van der Waals surface area contributed by atoms with Gasteiger partial charge in [-0.25, -0.2) is 0 Å². The molecule has 3 aliphatic rings. The summed E-state index contributed by atoms with van der Waals surface area (Å²) in [6.07, 6.45) is 6.33. The van der Waals surface area contributed by atoms with Gasteiger partial charge in [-0.05, 0) is 39.5 Å². The van der Waals surface area contributed by atoms with Gasteiger partial charge >= 0.3 is 0 Å². The molecule has 1 N–H and O–H groups in total. The van der Waals surface area contributed by atoms with Crippen LogP contribution in [0.3, 0.4) is 0 Å². The number of piperazine rings is 1. The minimum atomic E-state index is 0.347. The molecule has 2 heterocycles. The zero-order valence-electron chi connectivity index (χ0n) is 15.0. The molecule has 1 aliphatic carbocycles. The highest BCUT2D eigenvalue weighted by molar-refractivity contribution is 4.84. The van der Waals surface area contributed by atoms with Crippen molar-refractivity contribution in [2.75, 3.05) is 52.4 Å². The lowest BCUT2D eigenvalue weighted by atomic mass is 9.91. The number of hydrogen-bond donors (Lipinski definition) is 1. The first kappa shape index (κ1) is 17.6. The standard InChI is InChI=1S/C18H35N3O2/c1-15(2)22-17-13-18(14-17)23-16-3-7-20(8-4-16)11-12-21-9-5-19-6-10-21/h15-19H,3-14H2,1-2H3. The second kappa shape index (κ2) is 8.77. The van der Waals surface area contributed by atoms with Crippen LogP contribution >= 0.6 is 0 Å². The Bertz CT molecular complexity index is 333. The molecular formula is C18H35N3O2. The molecule has 5 nitrogen and oxygen atoms in total. The van der Waals surface area contributed by atoms with E-state index in [9.17, 15) is 0 Å². The Morgan fingerprint density at radius 2 is 1.48 bits per heavy atom. The highest BCUT2D eigenvalue weighted by Gasteiger charge is 2.34. The van der Waals surface area contributed by atoms with Gasteiger partial charge in [0.15, 0.2) is 0 Å². The van der Waals surface area contributed by atoms with Crippen LogP contribution in [0.4, 0.5) is 0 Å². The van der Waals surface area contributed by atoms with E-state index >= 15 is 0 Å². The molecule has 3 fully saturated rings. The van der Waals surface area contributed by atoms with E-state index < -0.39 is 0 Å². The third kappa shape index (κ3) is 5.68. The van der Waals surface area contributed by atoms with Crippen molar-refractivity contribution in [3.05, 3.63) is 0 Å². The Hall–Kier alpha value is -0.200. The summed E-state index contributed by atoms with van der Waals surface area (Å²) in [4.78, 5) is 5.20. The van der Waals surface area contributed by atoms with E-state index in [-0.39, 0.29) is 0 Å². The first-order chi connectivity index (χ1) is 11.2. The largest absolute Gasteiger partial charge is 0.375 e. The average Bonchev–Trinajstić information content (AvgIpc) is 2.53. The Morgan fingerprint density at radius 1 is 0.870 bits per heavy atom. The molecule has 0 atom stereocenters. The van der Waals surface area contributed by atoms with Crippen LogP contribution in [0, 0.1) is 0 Å². The summed E-state index contributed by atoms with van der Waals surface area (Å²) in [5, 5.41) is 3.42. The fraction of sp³-hybridized carbons (Fsp3) is 1.00. The highest BCUT2D eigenvalue weighted by atomic mass is 16.5. The smallest absolute Gasteiger partial charge is 0.0628 e. The van der Waals surface area contributed by atoms with E-state index in [1.165, 1.54) is 52.1 Å². The Morgan fingerprint density at radius 3 is 2.09 bits per heavy atom. The van der Waals surface area contributed by atoms with Crippen molar-refractivity contribution in [3.8, 4) is 0 Å². The van der Waals surface area contributed by atoms with Gasteiger partial charge < -0.3 is 19.7 Å². The Balaban J connectivity index is 1.24. The lowest BCUT2D eigenvalue weighted by Gasteiger charge is -2.40. The molecule has 0 spiro atoms. The first-order valence-electron chi connectivity index (χ1n) is 9.65. The summed E-state index contributed by atoms with van der Waals surface area (Å²) in [6.45, 7) is 13.8. The van der Waals surface area contributed by atoms with Gasteiger partial charge in [0.25, 0.3) is 0 Å². The molecule has 0 amide bonds. The second-order valence-electron chi connectivity index (χ2n) is 7.67. The Labute approximate surface area is 141 Å². The van der Waals surface area contributed by atoms with Gasteiger partial charge in [-0.1, -0.05) is 0 Å². The average molecular weight is 325 g/mol. The highest BCUT2D eigenvalue weighted by Crippen LogP contribution is 2.30. The monoisotopic (exact) mass is 325 g/mol. The van der Waals surface area contributed by atoms with E-state index in [4.69, 9.17) is 9.47 Å². The molecule has 3 rings (SSSR count). The molecule has 0 radical (unpaired) electrons. The molecule has 1 saturated carbocycles. The van der Waals surface area contributed by atoms with Crippen molar-refractivity contribution in [1.82, 2.24) is 15.1 Å². The fourth-order valence-corrected chi connectivity index (χ4v) is 3.88. The third-order valence-corrected chi connectivity index (χ3v) is 5.38. The van der Waals surface area contributed by atoms with Crippen LogP contribution in [0.1, 0.15) is 39.5 Å². The van der Waals surface area contributed by atoms with Crippen molar-refractivity contribution < 1.29 is 9.47 Å². The van der Waals surface area contributed by atoms with Crippen molar-refractivity contribution >= 4 is 0 Å². The van der Waals surface area contributed by atoms with E-state index in [1.807, 2.05) is 0 Å². The minimum Gasteiger partial charge on any atom is -0.375 e. The fourth-order valence-electron chi connectivity index (χ4n) is 3.88. The van der Waals surface area contributed by atoms with Crippen LogP contribution in [0.15, 0.2) is 0 Å². The molecular weight excluding hydrogens is 290 g/mol. The van der Waals surface area contributed by atoms with Crippen molar-refractivity contribution in [1.29, 1.82) is 0 Å². The molecule has 23 heavy (non-hydrogen) atoms. The maximum absolute atomic E-state index is 6.26. The van der Waals surface area contributed by atoms with E-state index in [0.29, 0.717) is 24.4 Å². The van der Waals surface area contributed by atoms with Gasteiger partial charge in [0.2, 0.25) is 0 Å². The summed E-state index contributed by atoms with van der Waals surface area (Å²) in [5.41, 5.74) is 0. The number of ether oxygens (including phenoxy) is 2. The maximum atomic E-state index is 6.26. The van der Waals surface area contributed by atoms with Crippen LogP contribution in [0.5, 0.6) is 0 Å². The molecule has 0 aromatic carbocycles. The molecule has 0 bridgehead atoms. The molecule has 2 aliphatic heterocycles. The number of likely N-dealkylation sites (tertiary alicyclic amines) is 1. The Kier molecular flexibility index (Phi) is 6.72. The van der Waals surface area contributed by atoms with Crippen molar-refractivity contribution in [2.45, 2.75) is 63.9 Å². The number of rotatable bonds is 7. The molecule has 134 valence electrons. The summed E-state index contributed by atoms with van der Waals surface area (Å²) >= 11 is 0. The molecule has 2 saturated heterocycles. The van der Waals surface area contributed by atoms with E-state index in [0.717, 1.165) is 25.9 Å². The number of nitrogens with one attached hydrogen (secondary N) is 1. The lowest BCUT2D eigenvalue weighted by Crippen LogP contribution is -2.48. The topological polar surface area (TPSA) is 37.0 Å². The predicted octanol–water partition coefficient (Wildman–Crippen LogP) is 1.33. The predicted molar refractivity (Wildman–Crippen MR) is 92.9 cm³/mol. The van der Waals surface area contributed by atoms with Gasteiger partial charge in [-0.15, -0.1) is 0 Å². The zero-order chi connectivity index (χ0) is 16.1. The van der Waals surface area contributed by atoms with Gasteiger partial charge in [-0.2, -0.15) is 0 Å². The van der Waals surface area contributed by atoms with Crippen LogP contribution in [0.25, 0.3) is 0 Å². The minimum absolute atomic E-state index is 0.347. The number of piperidine rings is 1. The van der Waals surface area contributed by atoms with Crippen LogP contribution in [-0.4, -0.2) is 86.6 Å². The number of hydrogen-bond acceptors (Lipinski definition) is 5. The maximum Gasteiger partial charge on any atom is 0.0628 e. The molecule has 0 unspecified atom stereocenters. The van der Waals surface area contributed by atoms with Gasteiger partial charge in [0, 0.05) is 52.4 Å². The van der Waals surface area contributed by atoms with Crippen LogP contribution in [0.2, 0.25) is 0 Å². The van der Waals surface area contributed by atoms with Crippen molar-refractivity contribution in [2.24, 2.45) is 0 Å². The van der Waals surface area contributed by atoms with E-state index in [1.54, 1.807) is 0 Å². The summed E-state index contributed by atoms with van der Waals surface area (Å²) in [5.74, 6) is 0. The van der Waals surface area contributed by atoms with Crippen LogP contribution in [-0.2, 0) is 9.47 Å². The zero-order valence-corrected chi connectivity index (χ0v) is 15.0. The van der Waals surface area contributed by atoms with Gasteiger partial charge in [0.05, 0.1) is 24.4 Å². The summed E-state index contributed by atoms with van der Waals surface area (Å²) in [6, 6.07) is 0. The lowest BCUT2D eigenvalue weighted by molar-refractivity contribution is -0.146. The van der Waals surface area contributed by atoms with E-state index in [2.05, 4.69) is 29.0 Å². The van der Waals surface area contributed by atoms with Crippen LogP contribution < -0.4 is 5.32 Å². The number of nitrogens with zero attached hydrogens (tertiary/aromatic N) is 2. The second-order valence-corrected chi connectivity index (χ2v) is 7.67. The van der Waals surface area contributed by atoms with Gasteiger partial charge in [-0.3, -0.25) is 4.90 Å². The summed E-state index contributed by atoms with van der Waals surface area (Å²) in [7, 11) is 0. The van der Waals surface area contributed by atoms with Crippen molar-refractivity contribution in [3.63, 3.8) is 0 Å². The molecule has 0 aromatic rings.